The molecule has 2 N–H and O–H groups in total. The van der Waals surface area contributed by atoms with E-state index in [0.717, 1.165) is 5.56 Å². The van der Waals surface area contributed by atoms with E-state index in [-0.39, 0.29) is 0 Å². The molecular formula is C9H14N2O2. The Balaban J connectivity index is 2.53. The van der Waals surface area contributed by atoms with E-state index < -0.39 is 0 Å². The van der Waals surface area contributed by atoms with Gasteiger partial charge >= 0.3 is 0 Å². The molecule has 0 unspecified atom stereocenters. The Morgan fingerprint density at radius 3 is 2.85 bits per heavy atom. The Bertz CT molecular complexity index is 276. The highest BCUT2D eigenvalue weighted by Gasteiger charge is 1.98. The van der Waals surface area contributed by atoms with Crippen LogP contribution in [0.1, 0.15) is 5.56 Å². The second-order valence-corrected chi connectivity index (χ2v) is 2.72. The predicted molar refractivity (Wildman–Crippen MR) is 50.8 cm³/mol. The van der Waals surface area contributed by atoms with Crippen LogP contribution in [0.4, 0.5) is 5.69 Å². The molecule has 72 valence electrons. The van der Waals surface area contributed by atoms with Gasteiger partial charge in [-0.05, 0) is 12.5 Å². The van der Waals surface area contributed by atoms with Gasteiger partial charge in [0, 0.05) is 25.1 Å². The van der Waals surface area contributed by atoms with Gasteiger partial charge in [-0.1, -0.05) is 0 Å². The lowest BCUT2D eigenvalue weighted by Gasteiger charge is -2.05. The van der Waals surface area contributed by atoms with Crippen LogP contribution in [0.2, 0.25) is 0 Å². The van der Waals surface area contributed by atoms with Crippen molar-refractivity contribution in [2.24, 2.45) is 0 Å². The Kier molecular flexibility index (Phi) is 3.52. The van der Waals surface area contributed by atoms with Gasteiger partial charge in [-0.3, -0.25) is 0 Å². The van der Waals surface area contributed by atoms with Crippen molar-refractivity contribution in [3.05, 3.63) is 17.8 Å². The predicted octanol–water partition coefficient (Wildman–Crippen LogP) is 0.997. The van der Waals surface area contributed by atoms with Crippen molar-refractivity contribution in [1.82, 2.24) is 4.98 Å². The molecule has 1 aromatic heterocycles. The fraction of sp³-hybridized carbons (Fsp3) is 0.444. The minimum atomic E-state index is 0.492. The van der Waals surface area contributed by atoms with Gasteiger partial charge in [0.15, 0.2) is 0 Å². The molecular weight excluding hydrogens is 168 g/mol. The van der Waals surface area contributed by atoms with Crippen molar-refractivity contribution in [3.8, 4) is 5.88 Å². The minimum absolute atomic E-state index is 0.492. The topological polar surface area (TPSA) is 57.4 Å². The van der Waals surface area contributed by atoms with E-state index in [1.54, 1.807) is 19.4 Å². The lowest BCUT2D eigenvalue weighted by molar-refractivity contribution is 0.144. The first kappa shape index (κ1) is 9.80. The number of pyridine rings is 1. The van der Waals surface area contributed by atoms with Crippen molar-refractivity contribution in [2.45, 2.75) is 6.92 Å². The molecule has 0 saturated heterocycles. The molecule has 1 heterocycles. The molecule has 1 aromatic rings. The Morgan fingerprint density at radius 2 is 2.23 bits per heavy atom. The number of ether oxygens (including phenoxy) is 2. The van der Waals surface area contributed by atoms with Crippen LogP contribution in [0.15, 0.2) is 12.3 Å². The van der Waals surface area contributed by atoms with Crippen molar-refractivity contribution in [2.75, 3.05) is 26.1 Å². The zero-order valence-corrected chi connectivity index (χ0v) is 7.91. The second-order valence-electron chi connectivity index (χ2n) is 2.72. The standard InChI is InChI=1S/C9H14N2O2/c1-7-6-11-9(5-8(7)10)13-4-3-12-2/h5-6H,3-4H2,1-2H3,(H2,10,11). The molecule has 13 heavy (non-hydrogen) atoms. The Morgan fingerprint density at radius 1 is 1.46 bits per heavy atom. The van der Waals surface area contributed by atoms with Crippen molar-refractivity contribution in [3.63, 3.8) is 0 Å². The maximum Gasteiger partial charge on any atom is 0.215 e. The summed E-state index contributed by atoms with van der Waals surface area (Å²) < 4.78 is 10.1. The molecule has 0 spiro atoms. The first-order valence-electron chi connectivity index (χ1n) is 4.08. The molecule has 0 amide bonds. The van der Waals surface area contributed by atoms with Gasteiger partial charge in [-0.2, -0.15) is 0 Å². The van der Waals surface area contributed by atoms with Crippen LogP contribution in [0.5, 0.6) is 5.88 Å². The first-order valence-corrected chi connectivity index (χ1v) is 4.08. The number of anilines is 1. The summed E-state index contributed by atoms with van der Waals surface area (Å²) in [6.45, 7) is 2.95. The average Bonchev–Trinajstić information content (AvgIpc) is 2.12. The molecule has 0 bridgehead atoms. The lowest BCUT2D eigenvalue weighted by atomic mass is 10.3. The molecule has 0 fully saturated rings. The Labute approximate surface area is 77.7 Å². The van der Waals surface area contributed by atoms with Crippen LogP contribution in [0.3, 0.4) is 0 Å². The molecule has 0 aliphatic rings. The van der Waals surface area contributed by atoms with Crippen molar-refractivity contribution in [1.29, 1.82) is 0 Å². The smallest absolute Gasteiger partial charge is 0.215 e. The SMILES string of the molecule is COCCOc1cc(N)c(C)cn1. The average molecular weight is 182 g/mol. The number of aromatic nitrogens is 1. The second kappa shape index (κ2) is 4.67. The highest BCUT2D eigenvalue weighted by Crippen LogP contribution is 2.14. The van der Waals surface area contributed by atoms with E-state index in [1.807, 2.05) is 6.92 Å². The number of hydrogen-bond donors (Lipinski definition) is 1. The summed E-state index contributed by atoms with van der Waals surface area (Å²) in [5.41, 5.74) is 7.33. The van der Waals surface area contributed by atoms with Crippen LogP contribution >= 0.6 is 0 Å². The van der Waals surface area contributed by atoms with E-state index in [4.69, 9.17) is 15.2 Å². The molecule has 0 aliphatic carbocycles. The zero-order chi connectivity index (χ0) is 9.68. The summed E-state index contributed by atoms with van der Waals surface area (Å²) >= 11 is 0. The van der Waals surface area contributed by atoms with E-state index in [1.165, 1.54) is 0 Å². The molecule has 0 atom stereocenters. The monoisotopic (exact) mass is 182 g/mol. The molecule has 0 aliphatic heterocycles. The van der Waals surface area contributed by atoms with Crippen LogP contribution in [-0.4, -0.2) is 25.3 Å². The molecule has 4 nitrogen and oxygen atoms in total. The highest BCUT2D eigenvalue weighted by molar-refractivity contribution is 5.46. The summed E-state index contributed by atoms with van der Waals surface area (Å²) in [6, 6.07) is 1.71. The summed E-state index contributed by atoms with van der Waals surface area (Å²) in [5, 5.41) is 0. The van der Waals surface area contributed by atoms with Crippen LogP contribution in [0.25, 0.3) is 0 Å². The fourth-order valence-electron chi connectivity index (χ4n) is 0.828. The number of nitrogen functional groups attached to an aromatic ring is 1. The van der Waals surface area contributed by atoms with Gasteiger partial charge in [0.2, 0.25) is 5.88 Å². The van der Waals surface area contributed by atoms with Gasteiger partial charge in [-0.15, -0.1) is 0 Å². The third-order valence-electron chi connectivity index (χ3n) is 1.66. The van der Waals surface area contributed by atoms with Gasteiger partial charge in [-0.25, -0.2) is 4.98 Å². The van der Waals surface area contributed by atoms with E-state index in [0.29, 0.717) is 24.8 Å². The van der Waals surface area contributed by atoms with Gasteiger partial charge in [0.1, 0.15) is 6.61 Å². The number of methoxy groups -OCH3 is 1. The Hall–Kier alpha value is -1.29. The number of nitrogens with zero attached hydrogens (tertiary/aromatic N) is 1. The summed E-state index contributed by atoms with van der Waals surface area (Å²) in [7, 11) is 1.63. The largest absolute Gasteiger partial charge is 0.475 e. The maximum atomic E-state index is 5.67. The molecule has 4 heteroatoms. The third-order valence-corrected chi connectivity index (χ3v) is 1.66. The molecule has 0 saturated carbocycles. The minimum Gasteiger partial charge on any atom is -0.475 e. The van der Waals surface area contributed by atoms with Crippen molar-refractivity contribution < 1.29 is 9.47 Å². The van der Waals surface area contributed by atoms with E-state index >= 15 is 0 Å². The van der Waals surface area contributed by atoms with Gasteiger partial charge in [0.05, 0.1) is 6.61 Å². The van der Waals surface area contributed by atoms with E-state index in [9.17, 15) is 0 Å². The maximum absolute atomic E-state index is 5.67. The highest BCUT2D eigenvalue weighted by atomic mass is 16.5. The quantitative estimate of drug-likeness (QED) is 0.706. The normalized spacial score (nSPS) is 10.0. The summed E-state index contributed by atoms with van der Waals surface area (Å²) in [4.78, 5) is 4.05. The number of aryl methyl sites for hydroxylation is 1. The third kappa shape index (κ3) is 2.91. The molecule has 0 radical (unpaired) electrons. The van der Waals surface area contributed by atoms with Crippen LogP contribution in [0, 0.1) is 6.92 Å². The van der Waals surface area contributed by atoms with Crippen LogP contribution < -0.4 is 10.5 Å². The van der Waals surface area contributed by atoms with Crippen molar-refractivity contribution >= 4 is 5.69 Å². The lowest BCUT2D eigenvalue weighted by Crippen LogP contribution is -2.05. The zero-order valence-electron chi connectivity index (χ0n) is 7.91. The number of nitrogens with two attached hydrogens (primary N) is 1. The molecule has 1 rings (SSSR count). The number of rotatable bonds is 4. The summed E-state index contributed by atoms with van der Waals surface area (Å²) in [6.07, 6.45) is 1.69. The van der Waals surface area contributed by atoms with Crippen LogP contribution in [-0.2, 0) is 4.74 Å². The van der Waals surface area contributed by atoms with E-state index in [2.05, 4.69) is 4.98 Å². The van der Waals surface area contributed by atoms with Gasteiger partial charge < -0.3 is 15.2 Å². The first-order chi connectivity index (χ1) is 6.24. The molecule has 0 aromatic carbocycles. The number of hydrogen-bond acceptors (Lipinski definition) is 4. The fourth-order valence-corrected chi connectivity index (χ4v) is 0.828. The van der Waals surface area contributed by atoms with Gasteiger partial charge in [0.25, 0.3) is 0 Å². The summed E-state index contributed by atoms with van der Waals surface area (Å²) in [5.74, 6) is 0.542.